The van der Waals surface area contributed by atoms with Gasteiger partial charge in [-0.2, -0.15) is 0 Å². The van der Waals surface area contributed by atoms with E-state index in [1.807, 2.05) is 0 Å². The second-order valence-electron chi connectivity index (χ2n) is 7.68. The number of imide groups is 1. The van der Waals surface area contributed by atoms with Gasteiger partial charge in [0.25, 0.3) is 11.8 Å². The van der Waals surface area contributed by atoms with E-state index in [0.29, 0.717) is 42.9 Å². The molecule has 0 aliphatic carbocycles. The van der Waals surface area contributed by atoms with Gasteiger partial charge in [-0.15, -0.1) is 0 Å². The van der Waals surface area contributed by atoms with Gasteiger partial charge in [0, 0.05) is 32.8 Å². The van der Waals surface area contributed by atoms with E-state index >= 15 is 0 Å². The molecule has 0 bridgehead atoms. The number of amides is 3. The molecule has 1 aliphatic heterocycles. The lowest BCUT2D eigenvalue weighted by Crippen LogP contribution is -2.33. The zero-order valence-electron chi connectivity index (χ0n) is 18.1. The van der Waals surface area contributed by atoms with E-state index in [9.17, 15) is 22.8 Å². The molecule has 2 aromatic carbocycles. The Balaban J connectivity index is 1.38. The van der Waals surface area contributed by atoms with Crippen molar-refractivity contribution < 1.29 is 27.5 Å². The molecule has 3 rings (SSSR count). The van der Waals surface area contributed by atoms with Gasteiger partial charge in [0.05, 0.1) is 22.6 Å². The van der Waals surface area contributed by atoms with Crippen LogP contribution in [0.2, 0.25) is 0 Å². The SMILES string of the molecule is CN(CCCOc1cccc(S(C)(=O)=O)c1)C(=O)CCCN1C(=O)c2ccccc2C1=O. The normalized spacial score (nSPS) is 13.2. The Morgan fingerprint density at radius 2 is 1.66 bits per heavy atom. The van der Waals surface area contributed by atoms with Crippen molar-refractivity contribution in [3.8, 4) is 5.75 Å². The van der Waals surface area contributed by atoms with Crippen LogP contribution >= 0.6 is 0 Å². The molecule has 0 spiro atoms. The molecular formula is C23H26N2O6S. The second-order valence-corrected chi connectivity index (χ2v) is 9.69. The monoisotopic (exact) mass is 458 g/mol. The summed E-state index contributed by atoms with van der Waals surface area (Å²) in [6, 6.07) is 13.0. The van der Waals surface area contributed by atoms with Crippen molar-refractivity contribution >= 4 is 27.6 Å². The molecule has 32 heavy (non-hydrogen) atoms. The molecule has 0 unspecified atom stereocenters. The van der Waals surface area contributed by atoms with Crippen LogP contribution in [0.5, 0.6) is 5.75 Å². The number of benzene rings is 2. The van der Waals surface area contributed by atoms with E-state index in [-0.39, 0.29) is 35.6 Å². The third kappa shape index (κ3) is 5.53. The van der Waals surface area contributed by atoms with Gasteiger partial charge >= 0.3 is 0 Å². The van der Waals surface area contributed by atoms with E-state index in [1.54, 1.807) is 48.3 Å². The van der Waals surface area contributed by atoms with Crippen LogP contribution in [0.25, 0.3) is 0 Å². The van der Waals surface area contributed by atoms with E-state index in [2.05, 4.69) is 0 Å². The minimum atomic E-state index is -3.30. The molecule has 8 nitrogen and oxygen atoms in total. The number of hydrogen-bond acceptors (Lipinski definition) is 6. The number of rotatable bonds is 10. The second kappa shape index (κ2) is 9.95. The van der Waals surface area contributed by atoms with Crippen LogP contribution in [0.3, 0.4) is 0 Å². The first kappa shape index (κ1) is 23.5. The lowest BCUT2D eigenvalue weighted by Gasteiger charge is -2.18. The summed E-state index contributed by atoms with van der Waals surface area (Å²) in [4.78, 5) is 40.0. The predicted octanol–water partition coefficient (Wildman–Crippen LogP) is 2.39. The molecule has 0 saturated carbocycles. The number of carbonyl (C=O) groups is 3. The largest absolute Gasteiger partial charge is 0.493 e. The van der Waals surface area contributed by atoms with Crippen LogP contribution in [0.15, 0.2) is 53.4 Å². The van der Waals surface area contributed by atoms with Crippen molar-refractivity contribution in [2.24, 2.45) is 0 Å². The van der Waals surface area contributed by atoms with Gasteiger partial charge in [-0.05, 0) is 43.2 Å². The van der Waals surface area contributed by atoms with Crippen molar-refractivity contribution in [2.75, 3.05) is 33.0 Å². The molecule has 3 amide bonds. The number of ether oxygens (including phenoxy) is 1. The van der Waals surface area contributed by atoms with Crippen LogP contribution in [0.4, 0.5) is 0 Å². The quantitative estimate of drug-likeness (QED) is 0.400. The number of hydrogen-bond donors (Lipinski definition) is 0. The molecule has 1 heterocycles. The summed E-state index contributed by atoms with van der Waals surface area (Å²) < 4.78 is 28.8. The summed E-state index contributed by atoms with van der Waals surface area (Å²) in [7, 11) is -1.61. The topological polar surface area (TPSA) is 101 Å². The summed E-state index contributed by atoms with van der Waals surface area (Å²) >= 11 is 0. The number of nitrogens with zero attached hydrogens (tertiary/aromatic N) is 2. The fraction of sp³-hybridized carbons (Fsp3) is 0.348. The molecule has 0 N–H and O–H groups in total. The summed E-state index contributed by atoms with van der Waals surface area (Å²) in [5.74, 6) is -0.254. The molecule has 0 aromatic heterocycles. The zero-order chi connectivity index (χ0) is 23.3. The molecule has 0 saturated heterocycles. The van der Waals surface area contributed by atoms with Gasteiger partial charge in [0.15, 0.2) is 9.84 Å². The Morgan fingerprint density at radius 3 is 2.28 bits per heavy atom. The minimum Gasteiger partial charge on any atom is -0.493 e. The lowest BCUT2D eigenvalue weighted by molar-refractivity contribution is -0.130. The first-order valence-corrected chi connectivity index (χ1v) is 12.2. The summed E-state index contributed by atoms with van der Waals surface area (Å²) in [6.07, 6.45) is 2.33. The lowest BCUT2D eigenvalue weighted by atomic mass is 10.1. The van der Waals surface area contributed by atoms with E-state index in [4.69, 9.17) is 4.74 Å². The Hall–Kier alpha value is -3.20. The molecule has 0 radical (unpaired) electrons. The Morgan fingerprint density at radius 1 is 1.00 bits per heavy atom. The summed E-state index contributed by atoms with van der Waals surface area (Å²) in [5.41, 5.74) is 0.811. The highest BCUT2D eigenvalue weighted by atomic mass is 32.2. The number of carbonyl (C=O) groups excluding carboxylic acids is 3. The maximum absolute atomic E-state index is 12.3. The fourth-order valence-corrected chi connectivity index (χ4v) is 4.09. The molecule has 1 aliphatic rings. The van der Waals surface area contributed by atoms with Crippen molar-refractivity contribution in [3.05, 3.63) is 59.7 Å². The number of fused-ring (bicyclic) bond motifs is 1. The molecule has 2 aromatic rings. The summed E-state index contributed by atoms with van der Waals surface area (Å²) in [6.45, 7) is 1.00. The standard InChI is InChI=1S/C23H26N2O6S/c1-24(13-7-15-31-17-8-5-9-18(16-17)32(2,29)30)21(26)12-6-14-25-22(27)19-10-3-4-11-20(19)23(25)28/h3-5,8-11,16H,6-7,12-15H2,1-2H3. The average Bonchev–Trinajstić information content (AvgIpc) is 3.01. The average molecular weight is 459 g/mol. The molecule has 0 fully saturated rings. The van der Waals surface area contributed by atoms with Crippen LogP contribution < -0.4 is 4.74 Å². The van der Waals surface area contributed by atoms with Gasteiger partial charge in [0.2, 0.25) is 5.91 Å². The van der Waals surface area contributed by atoms with E-state index < -0.39 is 9.84 Å². The van der Waals surface area contributed by atoms with E-state index in [1.165, 1.54) is 17.0 Å². The van der Waals surface area contributed by atoms with Crippen LogP contribution in [0.1, 0.15) is 40.0 Å². The Bertz CT molecular complexity index is 1090. The first-order valence-electron chi connectivity index (χ1n) is 10.3. The van der Waals surface area contributed by atoms with E-state index in [0.717, 1.165) is 6.26 Å². The highest BCUT2D eigenvalue weighted by Gasteiger charge is 2.34. The van der Waals surface area contributed by atoms with Gasteiger partial charge in [-0.1, -0.05) is 18.2 Å². The van der Waals surface area contributed by atoms with Crippen LogP contribution in [-0.2, 0) is 14.6 Å². The minimum absolute atomic E-state index is 0.0827. The Labute approximate surface area is 187 Å². The number of sulfone groups is 1. The molecule has 170 valence electrons. The molecule has 0 atom stereocenters. The van der Waals surface area contributed by atoms with Crippen molar-refractivity contribution in [1.29, 1.82) is 0 Å². The fourth-order valence-electron chi connectivity index (χ4n) is 3.43. The Kier molecular flexibility index (Phi) is 7.29. The van der Waals surface area contributed by atoms with Crippen molar-refractivity contribution in [2.45, 2.75) is 24.2 Å². The third-order valence-electron chi connectivity index (χ3n) is 5.22. The predicted molar refractivity (Wildman–Crippen MR) is 118 cm³/mol. The van der Waals surface area contributed by atoms with Gasteiger partial charge < -0.3 is 9.64 Å². The van der Waals surface area contributed by atoms with Gasteiger partial charge in [-0.25, -0.2) is 8.42 Å². The van der Waals surface area contributed by atoms with Crippen molar-refractivity contribution in [3.63, 3.8) is 0 Å². The molecular weight excluding hydrogens is 432 g/mol. The van der Waals surface area contributed by atoms with Crippen LogP contribution in [0, 0.1) is 0 Å². The zero-order valence-corrected chi connectivity index (χ0v) is 18.9. The highest BCUT2D eigenvalue weighted by Crippen LogP contribution is 2.22. The third-order valence-corrected chi connectivity index (χ3v) is 6.33. The summed E-state index contributed by atoms with van der Waals surface area (Å²) in [5, 5.41) is 0. The highest BCUT2D eigenvalue weighted by molar-refractivity contribution is 7.90. The van der Waals surface area contributed by atoms with Gasteiger partial charge in [-0.3, -0.25) is 19.3 Å². The van der Waals surface area contributed by atoms with Crippen molar-refractivity contribution in [1.82, 2.24) is 9.80 Å². The van der Waals surface area contributed by atoms with Crippen LogP contribution in [-0.4, -0.2) is 68.9 Å². The maximum Gasteiger partial charge on any atom is 0.261 e. The molecule has 9 heteroatoms. The first-order chi connectivity index (χ1) is 15.2. The smallest absolute Gasteiger partial charge is 0.261 e. The van der Waals surface area contributed by atoms with Gasteiger partial charge in [0.1, 0.15) is 5.75 Å². The maximum atomic E-state index is 12.3.